The van der Waals surface area contributed by atoms with E-state index in [1.165, 1.54) is 89.9 Å². The maximum absolute atomic E-state index is 12.6. The second-order valence-corrected chi connectivity index (χ2v) is 13.0. The Kier molecular flexibility index (Phi) is 26.2. The molecule has 0 amide bonds. The van der Waals surface area contributed by atoms with Crippen LogP contribution >= 0.6 is 0 Å². The summed E-state index contributed by atoms with van der Waals surface area (Å²) in [4.78, 5) is 37.8. The number of quaternary nitrogens is 1. The molecule has 3 N–H and O–H groups in total. The van der Waals surface area contributed by atoms with Crippen molar-refractivity contribution < 1.29 is 34.2 Å². The molecule has 0 radical (unpaired) electrons. The Morgan fingerprint density at radius 3 is 1.05 bits per heavy atom. The van der Waals surface area contributed by atoms with Crippen LogP contribution < -0.4 is 0 Å². The smallest absolute Gasteiger partial charge is 0.362 e. The van der Waals surface area contributed by atoms with Gasteiger partial charge >= 0.3 is 17.9 Å². The number of aliphatic carboxylic acids is 3. The molecule has 0 fully saturated rings. The number of carbonyl (C=O) groups is 3. The van der Waals surface area contributed by atoms with Gasteiger partial charge in [-0.1, -0.05) is 117 Å². The Morgan fingerprint density at radius 2 is 0.750 bits per heavy atom. The van der Waals surface area contributed by atoms with Gasteiger partial charge in [0.15, 0.2) is 18.1 Å². The van der Waals surface area contributed by atoms with E-state index in [0.29, 0.717) is 25.7 Å². The van der Waals surface area contributed by atoms with Crippen LogP contribution in [0.4, 0.5) is 0 Å². The minimum atomic E-state index is -1.08. The lowest BCUT2D eigenvalue weighted by Gasteiger charge is -2.50. The Hall–Kier alpha value is -1.89. The molecule has 0 aliphatic rings. The summed E-state index contributed by atoms with van der Waals surface area (Å²) in [5, 5.41) is 30.9. The highest BCUT2D eigenvalue weighted by Gasteiger charge is 2.56. The summed E-state index contributed by atoms with van der Waals surface area (Å²) in [5.74, 6) is -3.25. The van der Waals surface area contributed by atoms with E-state index in [2.05, 4.69) is 19.1 Å². The highest BCUT2D eigenvalue weighted by atomic mass is 16.4. The molecular weight excluding hydrogens is 554 g/mol. The van der Waals surface area contributed by atoms with Crippen LogP contribution in [0, 0.1) is 0 Å². The van der Waals surface area contributed by atoms with Gasteiger partial charge in [-0.05, 0) is 57.8 Å². The molecule has 0 aromatic heterocycles. The average molecular weight is 625 g/mol. The molecule has 0 heterocycles. The predicted octanol–water partition coefficient (Wildman–Crippen LogP) is 10.2. The lowest BCUT2D eigenvalue weighted by molar-refractivity contribution is -0.973. The topological polar surface area (TPSA) is 112 Å². The van der Waals surface area contributed by atoms with Crippen LogP contribution in [0.1, 0.15) is 182 Å². The minimum absolute atomic E-state index is 0.269. The maximum Gasteiger partial charge on any atom is 0.362 e. The molecule has 44 heavy (non-hydrogen) atoms. The number of carboxylic acid groups (broad SMARTS) is 3. The number of nitrogens with zero attached hydrogens (tertiary/aromatic N) is 1. The fourth-order valence-corrected chi connectivity index (χ4v) is 6.99. The van der Waals surface area contributed by atoms with E-state index in [-0.39, 0.29) is 30.3 Å². The van der Waals surface area contributed by atoms with Gasteiger partial charge < -0.3 is 15.3 Å². The molecule has 0 saturated carbocycles. The highest BCUT2D eigenvalue weighted by molar-refractivity contribution is 5.78. The quantitative estimate of drug-likeness (QED) is 0.0390. The first-order chi connectivity index (χ1) is 21.2. The Morgan fingerprint density at radius 1 is 0.455 bits per heavy atom. The van der Waals surface area contributed by atoms with Gasteiger partial charge in [-0.25, -0.2) is 14.4 Å². The third-order valence-corrected chi connectivity index (χ3v) is 9.34. The zero-order valence-corrected chi connectivity index (χ0v) is 29.1. The third kappa shape index (κ3) is 17.0. The van der Waals surface area contributed by atoms with Gasteiger partial charge in [0, 0.05) is 19.3 Å². The SMILES string of the molecule is CCCCCCCCC/C=C/CCCCCCCCCCC[N+](C(CCC)C(=O)O)(C(CCC)C(=O)O)C(CCC)C(=O)O. The fraction of sp³-hybridized carbons (Fsp3) is 0.865. The number of carboxylic acids is 3. The van der Waals surface area contributed by atoms with Crippen molar-refractivity contribution in [2.24, 2.45) is 0 Å². The van der Waals surface area contributed by atoms with E-state index in [1.807, 2.05) is 20.8 Å². The second-order valence-electron chi connectivity index (χ2n) is 13.0. The number of hydrogen-bond donors (Lipinski definition) is 3. The van der Waals surface area contributed by atoms with E-state index in [9.17, 15) is 29.7 Å². The average Bonchev–Trinajstić information content (AvgIpc) is 2.98. The van der Waals surface area contributed by atoms with Gasteiger partial charge in [0.1, 0.15) is 0 Å². The van der Waals surface area contributed by atoms with Crippen LogP contribution in [0.3, 0.4) is 0 Å². The molecule has 7 heteroatoms. The molecule has 3 atom stereocenters. The molecule has 0 spiro atoms. The van der Waals surface area contributed by atoms with Crippen molar-refractivity contribution in [3.8, 4) is 0 Å². The largest absolute Gasteiger partial charge is 0.477 e. The normalized spacial score (nSPS) is 15.2. The first-order valence-electron chi connectivity index (χ1n) is 18.4. The monoisotopic (exact) mass is 625 g/mol. The van der Waals surface area contributed by atoms with Gasteiger partial charge in [-0.3, -0.25) is 4.48 Å². The lowest BCUT2D eigenvalue weighted by Crippen LogP contribution is -2.72. The van der Waals surface area contributed by atoms with Gasteiger partial charge in [0.05, 0.1) is 6.54 Å². The summed E-state index contributed by atoms with van der Waals surface area (Å²) in [6, 6.07) is -3.14. The van der Waals surface area contributed by atoms with Crippen molar-refractivity contribution in [3.05, 3.63) is 12.2 Å². The van der Waals surface area contributed by atoms with E-state index < -0.39 is 36.0 Å². The summed E-state index contributed by atoms with van der Waals surface area (Å²) in [6.45, 7) is 8.18. The summed E-state index contributed by atoms with van der Waals surface area (Å²) in [5.41, 5.74) is 0. The number of hydrogen-bond acceptors (Lipinski definition) is 3. The Balaban J connectivity index is 4.75. The van der Waals surface area contributed by atoms with Crippen molar-refractivity contribution >= 4 is 17.9 Å². The van der Waals surface area contributed by atoms with Gasteiger partial charge in [-0.15, -0.1) is 0 Å². The summed E-state index contributed by atoms with van der Waals surface area (Å²) < 4.78 is -0.372. The van der Waals surface area contributed by atoms with Crippen molar-refractivity contribution in [1.82, 2.24) is 0 Å². The molecule has 0 saturated heterocycles. The number of allylic oxidation sites excluding steroid dienone is 2. The standard InChI is InChI=1S/C37H69NO6/c1-5-9-10-11-12-13-14-15-16-17-18-19-20-21-22-23-24-25-26-27-31-38(32(28-6-2)35(39)40,33(29-7-3)36(41)42)34(30-8-4)37(43)44/h16-17,32-34H,5-15,18-31H2,1-4H3,(H2-,39,40,41,42,43,44)/p+1/b17-16+. The van der Waals surface area contributed by atoms with E-state index in [0.717, 1.165) is 19.3 Å². The molecular formula is C37H70NO6+. The van der Waals surface area contributed by atoms with Crippen molar-refractivity contribution in [2.75, 3.05) is 6.54 Å². The van der Waals surface area contributed by atoms with E-state index in [4.69, 9.17) is 0 Å². The summed E-state index contributed by atoms with van der Waals surface area (Å²) >= 11 is 0. The number of unbranched alkanes of at least 4 members (excludes halogenated alkanes) is 16. The van der Waals surface area contributed by atoms with Crippen molar-refractivity contribution in [1.29, 1.82) is 0 Å². The van der Waals surface area contributed by atoms with Crippen molar-refractivity contribution in [2.45, 2.75) is 200 Å². The summed E-state index contributed by atoms with van der Waals surface area (Å²) in [7, 11) is 0. The molecule has 258 valence electrons. The maximum atomic E-state index is 12.6. The molecule has 3 unspecified atom stereocenters. The minimum Gasteiger partial charge on any atom is -0.477 e. The predicted molar refractivity (Wildman–Crippen MR) is 182 cm³/mol. The van der Waals surface area contributed by atoms with Crippen LogP contribution in [0.15, 0.2) is 12.2 Å². The fourth-order valence-electron chi connectivity index (χ4n) is 6.99. The molecule has 7 nitrogen and oxygen atoms in total. The van der Waals surface area contributed by atoms with Crippen LogP contribution in [-0.4, -0.2) is 62.4 Å². The highest BCUT2D eigenvalue weighted by Crippen LogP contribution is 2.34. The lowest BCUT2D eigenvalue weighted by atomic mass is 9.91. The zero-order valence-electron chi connectivity index (χ0n) is 29.1. The van der Waals surface area contributed by atoms with Crippen LogP contribution in [0.25, 0.3) is 0 Å². The van der Waals surface area contributed by atoms with Crippen molar-refractivity contribution in [3.63, 3.8) is 0 Å². The molecule has 0 aromatic carbocycles. The van der Waals surface area contributed by atoms with E-state index in [1.54, 1.807) is 0 Å². The number of rotatable bonds is 32. The van der Waals surface area contributed by atoms with Crippen LogP contribution in [0.5, 0.6) is 0 Å². The Labute approximate surface area is 270 Å². The molecule has 0 aliphatic carbocycles. The summed E-state index contributed by atoms with van der Waals surface area (Å²) in [6.07, 6.45) is 28.9. The third-order valence-electron chi connectivity index (χ3n) is 9.34. The van der Waals surface area contributed by atoms with Gasteiger partial charge in [-0.2, -0.15) is 0 Å². The molecule has 0 rings (SSSR count). The van der Waals surface area contributed by atoms with Gasteiger partial charge in [0.25, 0.3) is 0 Å². The zero-order chi connectivity index (χ0) is 33.1. The Bertz CT molecular complexity index is 707. The first-order valence-corrected chi connectivity index (χ1v) is 18.4. The first kappa shape index (κ1) is 42.1. The second kappa shape index (κ2) is 27.4. The molecule has 0 aliphatic heterocycles. The van der Waals surface area contributed by atoms with Crippen LogP contribution in [0.2, 0.25) is 0 Å². The molecule has 0 aromatic rings. The van der Waals surface area contributed by atoms with E-state index >= 15 is 0 Å². The van der Waals surface area contributed by atoms with Gasteiger partial charge in [0.2, 0.25) is 0 Å². The molecule has 0 bridgehead atoms. The van der Waals surface area contributed by atoms with Crippen LogP contribution in [-0.2, 0) is 14.4 Å².